The van der Waals surface area contributed by atoms with Crippen LogP contribution in [0.1, 0.15) is 43.1 Å². The fraction of sp³-hybridized carbons (Fsp3) is 0.714. The Labute approximate surface area is 122 Å². The normalized spacial score (nSPS) is 33.5. The van der Waals surface area contributed by atoms with Gasteiger partial charge in [0, 0.05) is 24.8 Å². The van der Waals surface area contributed by atoms with Gasteiger partial charge in [0.15, 0.2) is 5.79 Å². The first kappa shape index (κ1) is 14.0. The highest BCUT2D eigenvalue weighted by molar-refractivity contribution is 7.07. The van der Waals surface area contributed by atoms with Crippen LogP contribution in [0.2, 0.25) is 0 Å². The Hall–Kier alpha value is -0.980. The first-order chi connectivity index (χ1) is 9.67. The van der Waals surface area contributed by atoms with E-state index in [4.69, 9.17) is 9.47 Å². The number of ether oxygens (including phenoxy) is 2. The van der Waals surface area contributed by atoms with Gasteiger partial charge in [0.2, 0.25) is 0 Å². The molecule has 2 fully saturated rings. The number of thiazole rings is 1. The molecule has 1 aromatic rings. The van der Waals surface area contributed by atoms with Crippen molar-refractivity contribution in [1.29, 1.82) is 0 Å². The van der Waals surface area contributed by atoms with Crippen LogP contribution in [0.3, 0.4) is 0 Å². The third-order valence-electron chi connectivity index (χ3n) is 4.11. The molecule has 3 rings (SSSR count). The Kier molecular flexibility index (Phi) is 4.05. The number of aromatic nitrogens is 1. The fourth-order valence-corrected chi connectivity index (χ4v) is 3.34. The molecule has 1 spiro atoms. The average molecular weight is 296 g/mol. The summed E-state index contributed by atoms with van der Waals surface area (Å²) in [6.45, 7) is 3.31. The predicted octanol–water partition coefficient (Wildman–Crippen LogP) is 2.19. The molecule has 1 atom stereocenters. The fourth-order valence-electron chi connectivity index (χ4n) is 2.80. The van der Waals surface area contributed by atoms with Gasteiger partial charge in [-0.3, -0.25) is 4.79 Å². The Morgan fingerprint density at radius 2 is 2.35 bits per heavy atom. The summed E-state index contributed by atoms with van der Waals surface area (Å²) in [4.78, 5) is 15.8. The quantitative estimate of drug-likeness (QED) is 0.929. The van der Waals surface area contributed by atoms with E-state index in [9.17, 15) is 4.79 Å². The van der Waals surface area contributed by atoms with E-state index >= 15 is 0 Å². The average Bonchev–Trinajstić information content (AvgIpc) is 3.10. The lowest BCUT2D eigenvalue weighted by Crippen LogP contribution is -2.38. The number of amides is 1. The largest absolute Gasteiger partial charge is 0.348 e. The van der Waals surface area contributed by atoms with Gasteiger partial charge in [-0.25, -0.2) is 4.98 Å². The number of nitrogens with zero attached hydrogens (tertiary/aromatic N) is 1. The summed E-state index contributed by atoms with van der Waals surface area (Å²) in [6, 6.07) is 0. The van der Waals surface area contributed by atoms with Crippen molar-refractivity contribution in [2.45, 2.75) is 44.5 Å². The molecule has 1 aliphatic heterocycles. The van der Waals surface area contributed by atoms with E-state index in [0.29, 0.717) is 18.8 Å². The predicted molar refractivity (Wildman–Crippen MR) is 75.6 cm³/mol. The lowest BCUT2D eigenvalue weighted by molar-refractivity contribution is -0.191. The van der Waals surface area contributed by atoms with Crippen LogP contribution >= 0.6 is 11.3 Å². The van der Waals surface area contributed by atoms with Crippen molar-refractivity contribution in [2.24, 2.45) is 5.92 Å². The van der Waals surface area contributed by atoms with Gasteiger partial charge in [0.25, 0.3) is 5.91 Å². The molecule has 0 unspecified atom stereocenters. The number of carbonyl (C=O) groups is 1. The molecular weight excluding hydrogens is 276 g/mol. The van der Waals surface area contributed by atoms with Crippen LogP contribution in [0.5, 0.6) is 0 Å². The van der Waals surface area contributed by atoms with Crippen LogP contribution in [0.15, 0.2) is 10.9 Å². The van der Waals surface area contributed by atoms with Crippen LogP contribution in [-0.2, 0) is 9.47 Å². The van der Waals surface area contributed by atoms with Crippen molar-refractivity contribution in [2.75, 3.05) is 13.2 Å². The zero-order chi connectivity index (χ0) is 14.0. The van der Waals surface area contributed by atoms with Crippen LogP contribution in [0, 0.1) is 5.92 Å². The van der Waals surface area contributed by atoms with Crippen molar-refractivity contribution in [1.82, 2.24) is 10.3 Å². The van der Waals surface area contributed by atoms with E-state index in [1.54, 1.807) is 10.9 Å². The molecule has 20 heavy (non-hydrogen) atoms. The highest BCUT2D eigenvalue weighted by atomic mass is 32.1. The molecule has 1 saturated heterocycles. The number of carbonyl (C=O) groups excluding carboxylic acids is 1. The van der Waals surface area contributed by atoms with E-state index in [1.165, 1.54) is 11.3 Å². The van der Waals surface area contributed by atoms with Crippen molar-refractivity contribution in [3.8, 4) is 0 Å². The minimum absolute atomic E-state index is 0.0500. The summed E-state index contributed by atoms with van der Waals surface area (Å²) >= 11 is 1.42. The third-order valence-corrected chi connectivity index (χ3v) is 4.69. The molecule has 110 valence electrons. The molecule has 1 amide bonds. The first-order valence-corrected chi connectivity index (χ1v) is 8.09. The number of hydrogen-bond acceptors (Lipinski definition) is 5. The van der Waals surface area contributed by atoms with Crippen molar-refractivity contribution < 1.29 is 14.3 Å². The molecule has 0 radical (unpaired) electrons. The van der Waals surface area contributed by atoms with Gasteiger partial charge in [0.05, 0.1) is 12.1 Å². The molecule has 1 N–H and O–H groups in total. The Balaban J connectivity index is 1.47. The number of nitrogens with one attached hydrogen (secondary N) is 1. The second kappa shape index (κ2) is 5.79. The molecule has 6 heteroatoms. The minimum atomic E-state index is -0.386. The monoisotopic (exact) mass is 296 g/mol. The van der Waals surface area contributed by atoms with E-state index in [2.05, 4.69) is 17.2 Å². The van der Waals surface area contributed by atoms with Crippen molar-refractivity contribution in [3.05, 3.63) is 16.6 Å². The maximum atomic E-state index is 11.8. The Morgan fingerprint density at radius 3 is 3.05 bits per heavy atom. The van der Waals surface area contributed by atoms with Crippen molar-refractivity contribution >= 4 is 17.2 Å². The Bertz CT molecular complexity index is 455. The molecule has 5 nitrogen and oxygen atoms in total. The van der Waals surface area contributed by atoms with Gasteiger partial charge in [-0.05, 0) is 18.8 Å². The maximum Gasteiger partial charge on any atom is 0.270 e. The van der Waals surface area contributed by atoms with Crippen LogP contribution in [-0.4, -0.2) is 35.9 Å². The molecule has 2 heterocycles. The summed E-state index contributed by atoms with van der Waals surface area (Å²) in [5.41, 5.74) is 2.12. The van der Waals surface area contributed by atoms with E-state index in [0.717, 1.165) is 31.6 Å². The first-order valence-electron chi connectivity index (χ1n) is 7.15. The summed E-state index contributed by atoms with van der Waals surface area (Å²) in [5.74, 6) is 0.229. The third kappa shape index (κ3) is 3.02. The van der Waals surface area contributed by atoms with Gasteiger partial charge in [-0.2, -0.15) is 0 Å². The van der Waals surface area contributed by atoms with Crippen LogP contribution in [0.25, 0.3) is 0 Å². The van der Waals surface area contributed by atoms with Gasteiger partial charge < -0.3 is 14.8 Å². The second-order valence-electron chi connectivity index (χ2n) is 5.73. The lowest BCUT2D eigenvalue weighted by atomic mass is 9.86. The maximum absolute atomic E-state index is 11.8. The van der Waals surface area contributed by atoms with Gasteiger partial charge in [-0.15, -0.1) is 11.3 Å². The smallest absolute Gasteiger partial charge is 0.270 e. The zero-order valence-electron chi connectivity index (χ0n) is 11.6. The van der Waals surface area contributed by atoms with E-state index in [-0.39, 0.29) is 17.8 Å². The molecule has 0 bridgehead atoms. The Morgan fingerprint density at radius 1 is 1.55 bits per heavy atom. The SMILES string of the molecule is CC1CCC2(CC1)OC[C@H](CNC(=O)c1cscn1)O2. The van der Waals surface area contributed by atoms with E-state index in [1.807, 2.05) is 0 Å². The standard InChI is InChI=1S/C14H20N2O3S/c1-10-2-4-14(5-3-10)18-7-11(19-14)6-15-13(17)12-8-20-9-16-12/h8-11H,2-7H2,1H3,(H,15,17)/t10?,11-,14?/m0/s1. The zero-order valence-corrected chi connectivity index (χ0v) is 12.4. The van der Waals surface area contributed by atoms with Crippen LogP contribution < -0.4 is 5.32 Å². The summed E-state index contributed by atoms with van der Waals surface area (Å²) < 4.78 is 11.9. The summed E-state index contributed by atoms with van der Waals surface area (Å²) in [7, 11) is 0. The topological polar surface area (TPSA) is 60.5 Å². The molecular formula is C14H20N2O3S. The lowest BCUT2D eigenvalue weighted by Gasteiger charge is -2.34. The summed E-state index contributed by atoms with van der Waals surface area (Å²) in [6.07, 6.45) is 4.18. The molecule has 1 saturated carbocycles. The molecule has 1 aromatic heterocycles. The van der Waals surface area contributed by atoms with E-state index < -0.39 is 0 Å². The minimum Gasteiger partial charge on any atom is -0.348 e. The number of rotatable bonds is 3. The summed E-state index contributed by atoms with van der Waals surface area (Å²) in [5, 5.41) is 4.60. The number of hydrogen-bond donors (Lipinski definition) is 1. The highest BCUT2D eigenvalue weighted by Crippen LogP contribution is 2.39. The van der Waals surface area contributed by atoms with Gasteiger partial charge >= 0.3 is 0 Å². The van der Waals surface area contributed by atoms with Gasteiger partial charge in [0.1, 0.15) is 11.8 Å². The molecule has 0 aromatic carbocycles. The molecule has 2 aliphatic rings. The van der Waals surface area contributed by atoms with Gasteiger partial charge in [-0.1, -0.05) is 6.92 Å². The molecule has 1 aliphatic carbocycles. The van der Waals surface area contributed by atoms with Crippen molar-refractivity contribution in [3.63, 3.8) is 0 Å². The highest BCUT2D eigenvalue weighted by Gasteiger charge is 2.43. The van der Waals surface area contributed by atoms with Crippen LogP contribution in [0.4, 0.5) is 0 Å². The second-order valence-corrected chi connectivity index (χ2v) is 6.45.